The highest BCUT2D eigenvalue weighted by atomic mass is 127. The van der Waals surface area contributed by atoms with Gasteiger partial charge in [0.05, 0.1) is 11.4 Å². The molecule has 0 bridgehead atoms. The number of sulfonamides is 1. The van der Waals surface area contributed by atoms with Gasteiger partial charge in [-0.2, -0.15) is 0 Å². The van der Waals surface area contributed by atoms with Crippen LogP contribution in [0.4, 0.5) is 0 Å². The average molecular weight is 494 g/mol. The van der Waals surface area contributed by atoms with Crippen molar-refractivity contribution < 1.29 is 8.42 Å². The SMILES string of the molecule is CC(C)CNS(=O)(=O)c1ccc(CN=C(N)N2CCC(C)CC2)cc1.I. The van der Waals surface area contributed by atoms with Crippen molar-refractivity contribution in [3.05, 3.63) is 29.8 Å². The molecule has 0 amide bonds. The second-order valence-corrected chi connectivity index (χ2v) is 9.00. The Bertz CT molecular complexity index is 682. The summed E-state index contributed by atoms with van der Waals surface area (Å²) in [4.78, 5) is 6.85. The van der Waals surface area contributed by atoms with Crippen LogP contribution in [0.15, 0.2) is 34.2 Å². The molecular formula is C18H31IN4O2S. The minimum atomic E-state index is -3.44. The lowest BCUT2D eigenvalue weighted by Gasteiger charge is -2.31. The molecule has 3 N–H and O–H groups in total. The van der Waals surface area contributed by atoms with Crippen LogP contribution >= 0.6 is 24.0 Å². The van der Waals surface area contributed by atoms with Gasteiger partial charge < -0.3 is 10.6 Å². The van der Waals surface area contributed by atoms with E-state index in [1.807, 2.05) is 13.8 Å². The first kappa shape index (κ1) is 23.2. The van der Waals surface area contributed by atoms with Gasteiger partial charge >= 0.3 is 0 Å². The zero-order valence-corrected chi connectivity index (χ0v) is 19.0. The summed E-state index contributed by atoms with van der Waals surface area (Å²) in [5, 5.41) is 0. The first-order chi connectivity index (χ1) is 11.8. The van der Waals surface area contributed by atoms with Crippen LogP contribution in [0.25, 0.3) is 0 Å². The molecular weight excluding hydrogens is 463 g/mol. The number of piperidine rings is 1. The number of hydrogen-bond acceptors (Lipinski definition) is 3. The smallest absolute Gasteiger partial charge is 0.240 e. The molecule has 1 saturated heterocycles. The van der Waals surface area contributed by atoms with E-state index in [-0.39, 0.29) is 34.8 Å². The van der Waals surface area contributed by atoms with Crippen LogP contribution in [-0.2, 0) is 16.6 Å². The largest absolute Gasteiger partial charge is 0.370 e. The summed E-state index contributed by atoms with van der Waals surface area (Å²) in [6, 6.07) is 6.82. The third-order valence-electron chi connectivity index (χ3n) is 4.45. The van der Waals surface area contributed by atoms with E-state index >= 15 is 0 Å². The summed E-state index contributed by atoms with van der Waals surface area (Å²) in [6.07, 6.45) is 2.29. The molecule has 6 nitrogen and oxygen atoms in total. The number of rotatable bonds is 6. The number of aliphatic imine (C=N–C) groups is 1. The normalized spacial score (nSPS) is 16.6. The maximum Gasteiger partial charge on any atom is 0.240 e. The average Bonchev–Trinajstić information content (AvgIpc) is 2.59. The van der Waals surface area contributed by atoms with Crippen molar-refractivity contribution in [1.29, 1.82) is 0 Å². The van der Waals surface area contributed by atoms with Gasteiger partial charge in [0.2, 0.25) is 10.0 Å². The fourth-order valence-electron chi connectivity index (χ4n) is 2.64. The first-order valence-electron chi connectivity index (χ1n) is 8.91. The van der Waals surface area contributed by atoms with Gasteiger partial charge in [0.25, 0.3) is 0 Å². The van der Waals surface area contributed by atoms with Gasteiger partial charge in [-0.1, -0.05) is 32.9 Å². The van der Waals surface area contributed by atoms with Crippen molar-refractivity contribution in [2.75, 3.05) is 19.6 Å². The number of nitrogens with two attached hydrogens (primary N) is 1. The molecule has 1 aromatic rings. The van der Waals surface area contributed by atoms with Crippen LogP contribution in [0.5, 0.6) is 0 Å². The number of hydrogen-bond donors (Lipinski definition) is 2. The molecule has 0 aliphatic carbocycles. The fourth-order valence-corrected chi connectivity index (χ4v) is 3.86. The predicted octanol–water partition coefficient (Wildman–Crippen LogP) is 2.79. The minimum Gasteiger partial charge on any atom is -0.370 e. The molecule has 0 atom stereocenters. The van der Waals surface area contributed by atoms with Crippen molar-refractivity contribution in [1.82, 2.24) is 9.62 Å². The van der Waals surface area contributed by atoms with E-state index in [1.165, 1.54) is 0 Å². The van der Waals surface area contributed by atoms with E-state index in [4.69, 9.17) is 5.73 Å². The van der Waals surface area contributed by atoms with Crippen molar-refractivity contribution in [3.63, 3.8) is 0 Å². The highest BCUT2D eigenvalue weighted by Gasteiger charge is 2.17. The van der Waals surface area contributed by atoms with Crippen molar-refractivity contribution >= 4 is 40.0 Å². The Kier molecular flexibility index (Phi) is 9.32. The molecule has 1 aliphatic heterocycles. The molecule has 0 unspecified atom stereocenters. The zero-order valence-electron chi connectivity index (χ0n) is 15.8. The van der Waals surface area contributed by atoms with Gasteiger partial charge in [-0.3, -0.25) is 0 Å². The van der Waals surface area contributed by atoms with Gasteiger partial charge in [-0.05, 0) is 42.4 Å². The number of halogens is 1. The molecule has 2 rings (SSSR count). The van der Waals surface area contributed by atoms with Crippen molar-refractivity contribution in [2.24, 2.45) is 22.6 Å². The van der Waals surface area contributed by atoms with Crippen molar-refractivity contribution in [3.8, 4) is 0 Å². The van der Waals surface area contributed by atoms with Crippen LogP contribution in [0.1, 0.15) is 39.2 Å². The quantitative estimate of drug-likeness (QED) is 0.362. The van der Waals surface area contributed by atoms with Crippen LogP contribution in [0.3, 0.4) is 0 Å². The summed E-state index contributed by atoms with van der Waals surface area (Å²) < 4.78 is 27.0. The van der Waals surface area contributed by atoms with Crippen LogP contribution < -0.4 is 10.5 Å². The van der Waals surface area contributed by atoms with Gasteiger partial charge in [0.1, 0.15) is 0 Å². The van der Waals surface area contributed by atoms with E-state index in [2.05, 4.69) is 21.5 Å². The van der Waals surface area contributed by atoms with Gasteiger partial charge in [-0.25, -0.2) is 18.1 Å². The lowest BCUT2D eigenvalue weighted by Crippen LogP contribution is -2.42. The van der Waals surface area contributed by atoms with E-state index in [1.54, 1.807) is 24.3 Å². The van der Waals surface area contributed by atoms with Crippen LogP contribution in [0.2, 0.25) is 0 Å². The molecule has 1 fully saturated rings. The summed E-state index contributed by atoms with van der Waals surface area (Å²) in [6.45, 7) is 8.99. The van der Waals surface area contributed by atoms with Gasteiger partial charge in [-0.15, -0.1) is 24.0 Å². The fraction of sp³-hybridized carbons (Fsp3) is 0.611. The Hall–Kier alpha value is -0.870. The monoisotopic (exact) mass is 494 g/mol. The topological polar surface area (TPSA) is 87.8 Å². The Balaban J connectivity index is 0.00000338. The Labute approximate surface area is 174 Å². The third-order valence-corrected chi connectivity index (χ3v) is 5.89. The maximum absolute atomic E-state index is 12.2. The van der Waals surface area contributed by atoms with E-state index < -0.39 is 10.0 Å². The van der Waals surface area contributed by atoms with E-state index in [9.17, 15) is 8.42 Å². The number of likely N-dealkylation sites (tertiary alicyclic amines) is 1. The number of benzene rings is 1. The Morgan fingerprint density at radius 1 is 1.27 bits per heavy atom. The highest BCUT2D eigenvalue weighted by molar-refractivity contribution is 14.0. The number of guanidine groups is 1. The minimum absolute atomic E-state index is 0. The van der Waals surface area contributed by atoms with Crippen molar-refractivity contribution in [2.45, 2.75) is 45.1 Å². The third kappa shape index (κ3) is 7.03. The van der Waals surface area contributed by atoms with E-state index in [0.717, 1.165) is 37.4 Å². The highest BCUT2D eigenvalue weighted by Crippen LogP contribution is 2.16. The lowest BCUT2D eigenvalue weighted by atomic mass is 10.00. The molecule has 1 heterocycles. The summed E-state index contributed by atoms with van der Waals surface area (Å²) >= 11 is 0. The zero-order chi connectivity index (χ0) is 18.4. The molecule has 8 heteroatoms. The second-order valence-electron chi connectivity index (χ2n) is 7.23. The maximum atomic E-state index is 12.2. The summed E-state index contributed by atoms with van der Waals surface area (Å²) in [5.74, 6) is 1.59. The molecule has 1 aliphatic rings. The molecule has 1 aromatic carbocycles. The predicted molar refractivity (Wildman–Crippen MR) is 117 cm³/mol. The van der Waals surface area contributed by atoms with Gasteiger partial charge in [0.15, 0.2) is 5.96 Å². The van der Waals surface area contributed by atoms with Crippen LogP contribution in [0, 0.1) is 11.8 Å². The first-order valence-corrected chi connectivity index (χ1v) is 10.4. The Morgan fingerprint density at radius 2 is 1.85 bits per heavy atom. The number of nitrogens with one attached hydrogen (secondary N) is 1. The molecule has 0 aromatic heterocycles. The standard InChI is InChI=1S/C18H30N4O2S.HI/c1-14(2)12-21-25(23,24)17-6-4-16(5-7-17)13-20-18(19)22-10-8-15(3)9-11-22;/h4-7,14-15,21H,8-13H2,1-3H3,(H2,19,20);1H. The van der Waals surface area contributed by atoms with Gasteiger partial charge in [0, 0.05) is 19.6 Å². The lowest BCUT2D eigenvalue weighted by molar-refractivity contribution is 0.277. The van der Waals surface area contributed by atoms with Crippen LogP contribution in [-0.4, -0.2) is 38.9 Å². The summed E-state index contributed by atoms with van der Waals surface area (Å²) in [5.41, 5.74) is 7.02. The molecule has 26 heavy (non-hydrogen) atoms. The molecule has 0 saturated carbocycles. The molecule has 0 radical (unpaired) electrons. The number of nitrogens with zero attached hydrogens (tertiary/aromatic N) is 2. The molecule has 148 valence electrons. The second kappa shape index (κ2) is 10.5. The van der Waals surface area contributed by atoms with E-state index in [0.29, 0.717) is 19.0 Å². The Morgan fingerprint density at radius 3 is 2.38 bits per heavy atom. The molecule has 0 spiro atoms. The summed E-state index contributed by atoms with van der Waals surface area (Å²) in [7, 11) is -3.44.